The number of nitrogens with zero attached hydrogens (tertiary/aromatic N) is 1. The maximum atomic E-state index is 11.6. The number of likely N-dealkylation sites (tertiary alicyclic amines) is 1. The molecule has 0 saturated carbocycles. The van der Waals surface area contributed by atoms with Gasteiger partial charge in [0.05, 0.1) is 6.04 Å². The summed E-state index contributed by atoms with van der Waals surface area (Å²) in [6.07, 6.45) is 4.42. The zero-order chi connectivity index (χ0) is 14.4. The summed E-state index contributed by atoms with van der Waals surface area (Å²) in [5.74, 6) is 0.138. The van der Waals surface area contributed by atoms with Gasteiger partial charge in [-0.3, -0.25) is 9.69 Å². The molecule has 20 heavy (non-hydrogen) atoms. The molecule has 0 bridgehead atoms. The summed E-state index contributed by atoms with van der Waals surface area (Å²) in [7, 11) is 0. The molecular weight excluding hydrogens is 248 g/mol. The molecule has 0 aliphatic carbocycles. The lowest BCUT2D eigenvalue weighted by Crippen LogP contribution is -2.40. The van der Waals surface area contributed by atoms with Crippen molar-refractivity contribution in [1.29, 1.82) is 0 Å². The highest BCUT2D eigenvalue weighted by molar-refractivity contribution is 5.75. The molecule has 0 aromatic heterocycles. The van der Waals surface area contributed by atoms with E-state index in [0.29, 0.717) is 12.5 Å². The molecule has 1 fully saturated rings. The molecule has 1 aliphatic heterocycles. The Morgan fingerprint density at radius 3 is 2.45 bits per heavy atom. The number of rotatable bonds is 5. The van der Waals surface area contributed by atoms with E-state index < -0.39 is 0 Å². The van der Waals surface area contributed by atoms with Gasteiger partial charge < -0.3 is 5.32 Å². The monoisotopic (exact) mass is 274 g/mol. The van der Waals surface area contributed by atoms with E-state index in [1.54, 1.807) is 0 Å². The summed E-state index contributed by atoms with van der Waals surface area (Å²) in [5.41, 5.74) is 2.60. The summed E-state index contributed by atoms with van der Waals surface area (Å²) in [6.45, 7) is 7.01. The third-order valence-corrected chi connectivity index (χ3v) is 4.11. The minimum absolute atomic E-state index is 0.138. The van der Waals surface area contributed by atoms with Crippen molar-refractivity contribution in [3.05, 3.63) is 35.4 Å². The first-order valence-corrected chi connectivity index (χ1v) is 7.78. The highest BCUT2D eigenvalue weighted by Crippen LogP contribution is 2.24. The molecule has 0 spiro atoms. The van der Waals surface area contributed by atoms with Crippen LogP contribution < -0.4 is 5.32 Å². The van der Waals surface area contributed by atoms with Gasteiger partial charge in [-0.05, 0) is 38.4 Å². The van der Waals surface area contributed by atoms with Crippen LogP contribution in [0.3, 0.4) is 0 Å². The van der Waals surface area contributed by atoms with Gasteiger partial charge in [-0.25, -0.2) is 0 Å². The molecule has 1 aliphatic rings. The van der Waals surface area contributed by atoms with E-state index in [9.17, 15) is 4.79 Å². The first-order chi connectivity index (χ1) is 9.70. The van der Waals surface area contributed by atoms with Gasteiger partial charge in [0.15, 0.2) is 0 Å². The Kier molecular flexibility index (Phi) is 5.60. The number of aryl methyl sites for hydroxylation is 1. The summed E-state index contributed by atoms with van der Waals surface area (Å²) in [5, 5.41) is 3.06. The average molecular weight is 274 g/mol. The van der Waals surface area contributed by atoms with Gasteiger partial charge in [0.2, 0.25) is 5.91 Å². The van der Waals surface area contributed by atoms with Gasteiger partial charge in [0.25, 0.3) is 0 Å². The third-order valence-electron chi connectivity index (χ3n) is 4.11. The maximum Gasteiger partial charge on any atom is 0.219 e. The predicted molar refractivity (Wildman–Crippen MR) is 82.6 cm³/mol. The molecule has 1 amide bonds. The van der Waals surface area contributed by atoms with Crippen LogP contribution in [0.2, 0.25) is 0 Å². The SMILES string of the molecule is CCC(=O)NC[C@@H](c1ccc(C)cc1)N1CCCCC1. The average Bonchev–Trinajstić information content (AvgIpc) is 2.50. The number of hydrogen-bond acceptors (Lipinski definition) is 2. The smallest absolute Gasteiger partial charge is 0.219 e. The lowest BCUT2D eigenvalue weighted by molar-refractivity contribution is -0.121. The molecule has 1 aromatic rings. The second kappa shape index (κ2) is 7.44. The second-order valence-electron chi connectivity index (χ2n) is 5.68. The standard InChI is InChI=1S/C17H26N2O/c1-3-17(20)18-13-16(19-11-5-4-6-12-19)15-9-7-14(2)8-10-15/h7-10,16H,3-6,11-13H2,1-2H3,(H,18,20)/t16-/m0/s1. The minimum Gasteiger partial charge on any atom is -0.354 e. The van der Waals surface area contributed by atoms with Crippen LogP contribution in [0.5, 0.6) is 0 Å². The van der Waals surface area contributed by atoms with Crippen LogP contribution >= 0.6 is 0 Å². The van der Waals surface area contributed by atoms with E-state index in [0.717, 1.165) is 19.6 Å². The van der Waals surface area contributed by atoms with Crippen LogP contribution in [-0.4, -0.2) is 30.4 Å². The maximum absolute atomic E-state index is 11.6. The molecule has 110 valence electrons. The van der Waals surface area contributed by atoms with Gasteiger partial charge >= 0.3 is 0 Å². The van der Waals surface area contributed by atoms with Gasteiger partial charge in [-0.2, -0.15) is 0 Å². The molecule has 1 N–H and O–H groups in total. The van der Waals surface area contributed by atoms with E-state index in [1.807, 2.05) is 6.92 Å². The normalized spacial score (nSPS) is 17.7. The number of carbonyl (C=O) groups excluding carboxylic acids is 1. The fraction of sp³-hybridized carbons (Fsp3) is 0.588. The van der Waals surface area contributed by atoms with Crippen LogP contribution in [0, 0.1) is 6.92 Å². The van der Waals surface area contributed by atoms with Crippen molar-refractivity contribution in [1.82, 2.24) is 10.2 Å². The lowest BCUT2D eigenvalue weighted by atomic mass is 10.0. The third kappa shape index (κ3) is 4.07. The Bertz CT molecular complexity index is 421. The van der Waals surface area contributed by atoms with Crippen molar-refractivity contribution in [2.24, 2.45) is 0 Å². The number of carbonyl (C=O) groups is 1. The first kappa shape index (κ1) is 15.0. The molecule has 0 radical (unpaired) electrons. The number of benzene rings is 1. The van der Waals surface area contributed by atoms with Crippen LogP contribution in [0.1, 0.15) is 49.8 Å². The van der Waals surface area contributed by atoms with E-state index in [1.165, 1.54) is 30.4 Å². The van der Waals surface area contributed by atoms with Crippen molar-refractivity contribution in [2.45, 2.75) is 45.6 Å². The Morgan fingerprint density at radius 2 is 1.85 bits per heavy atom. The Balaban J connectivity index is 2.09. The minimum atomic E-state index is 0.138. The quantitative estimate of drug-likeness (QED) is 0.895. The van der Waals surface area contributed by atoms with Gasteiger partial charge in [-0.15, -0.1) is 0 Å². The zero-order valence-corrected chi connectivity index (χ0v) is 12.7. The van der Waals surface area contributed by atoms with E-state index in [2.05, 4.69) is 41.4 Å². The number of amides is 1. The van der Waals surface area contributed by atoms with E-state index >= 15 is 0 Å². The molecule has 3 heteroatoms. The summed E-state index contributed by atoms with van der Waals surface area (Å²) in [4.78, 5) is 14.1. The number of hydrogen-bond donors (Lipinski definition) is 1. The van der Waals surface area contributed by atoms with Crippen LogP contribution in [0.25, 0.3) is 0 Å². The lowest BCUT2D eigenvalue weighted by Gasteiger charge is -2.35. The highest BCUT2D eigenvalue weighted by Gasteiger charge is 2.22. The van der Waals surface area contributed by atoms with Crippen molar-refractivity contribution >= 4 is 5.91 Å². The molecule has 1 atom stereocenters. The summed E-state index contributed by atoms with van der Waals surface area (Å²) in [6, 6.07) is 9.03. The van der Waals surface area contributed by atoms with Crippen LogP contribution in [-0.2, 0) is 4.79 Å². The van der Waals surface area contributed by atoms with Crippen LogP contribution in [0.15, 0.2) is 24.3 Å². The van der Waals surface area contributed by atoms with Gasteiger partial charge in [0, 0.05) is 13.0 Å². The first-order valence-electron chi connectivity index (χ1n) is 7.78. The molecule has 1 heterocycles. The summed E-state index contributed by atoms with van der Waals surface area (Å²) < 4.78 is 0. The number of nitrogens with one attached hydrogen (secondary N) is 1. The molecular formula is C17H26N2O. The number of piperidine rings is 1. The predicted octanol–water partition coefficient (Wildman–Crippen LogP) is 3.05. The van der Waals surface area contributed by atoms with Crippen molar-refractivity contribution in [3.8, 4) is 0 Å². The molecule has 1 saturated heterocycles. The Labute approximate surface area is 122 Å². The fourth-order valence-electron chi connectivity index (χ4n) is 2.81. The van der Waals surface area contributed by atoms with E-state index in [-0.39, 0.29) is 5.91 Å². The van der Waals surface area contributed by atoms with Gasteiger partial charge in [-0.1, -0.05) is 43.2 Å². The zero-order valence-electron chi connectivity index (χ0n) is 12.7. The van der Waals surface area contributed by atoms with Crippen molar-refractivity contribution < 1.29 is 4.79 Å². The molecule has 2 rings (SSSR count). The van der Waals surface area contributed by atoms with Gasteiger partial charge in [0.1, 0.15) is 0 Å². The molecule has 1 aromatic carbocycles. The topological polar surface area (TPSA) is 32.3 Å². The Hall–Kier alpha value is -1.35. The van der Waals surface area contributed by atoms with Crippen molar-refractivity contribution in [2.75, 3.05) is 19.6 Å². The molecule has 0 unspecified atom stereocenters. The second-order valence-corrected chi connectivity index (χ2v) is 5.68. The highest BCUT2D eigenvalue weighted by atomic mass is 16.1. The molecule has 3 nitrogen and oxygen atoms in total. The van der Waals surface area contributed by atoms with Crippen LogP contribution in [0.4, 0.5) is 0 Å². The van der Waals surface area contributed by atoms with Crippen molar-refractivity contribution in [3.63, 3.8) is 0 Å². The van der Waals surface area contributed by atoms with E-state index in [4.69, 9.17) is 0 Å². The summed E-state index contributed by atoms with van der Waals surface area (Å²) >= 11 is 0. The Morgan fingerprint density at radius 1 is 1.20 bits per heavy atom. The largest absolute Gasteiger partial charge is 0.354 e. The fourth-order valence-corrected chi connectivity index (χ4v) is 2.81.